The first-order valence-electron chi connectivity index (χ1n) is 16.7. The summed E-state index contributed by atoms with van der Waals surface area (Å²) in [4.78, 5) is 0. The van der Waals surface area contributed by atoms with Crippen LogP contribution < -0.4 is 0 Å². The molecule has 0 fully saturated rings. The maximum atomic E-state index is 2.72. The van der Waals surface area contributed by atoms with Gasteiger partial charge < -0.3 is 0 Å². The normalized spacial score (nSPS) is 15.6. The standard InChI is InChI=1S/C42H46/c1-7-19-41(20-8-2)35-25-34-36(26-33(35)39-31-17-13-11-15-29(31)27(5)23-37(39)41)42(21-9-3,22-10-4)38-24-28(6)30-16-12-14-18-32(30)40(34)38/h11-18,23-26H,7-10,19-22H2,1-6H3. The van der Waals surface area contributed by atoms with Crippen LogP contribution in [0.5, 0.6) is 0 Å². The summed E-state index contributed by atoms with van der Waals surface area (Å²) in [7, 11) is 0. The van der Waals surface area contributed by atoms with Crippen LogP contribution in [0.25, 0.3) is 43.8 Å². The van der Waals surface area contributed by atoms with Gasteiger partial charge in [-0.25, -0.2) is 0 Å². The molecule has 0 atom stereocenters. The molecular formula is C42H46. The summed E-state index contributed by atoms with van der Waals surface area (Å²) >= 11 is 0. The van der Waals surface area contributed by atoms with Gasteiger partial charge in [0.1, 0.15) is 0 Å². The monoisotopic (exact) mass is 550 g/mol. The van der Waals surface area contributed by atoms with Gasteiger partial charge in [-0.1, -0.05) is 114 Å². The SMILES string of the molecule is CCCC1(CCC)c2cc3c(cc2-c2c1cc(C)c1ccccc21)C(CCC)(CCC)c1cc(C)c2ccccc2c1-3. The van der Waals surface area contributed by atoms with E-state index in [4.69, 9.17) is 0 Å². The lowest BCUT2D eigenvalue weighted by Gasteiger charge is -2.34. The summed E-state index contributed by atoms with van der Waals surface area (Å²) in [6.07, 6.45) is 9.57. The average molecular weight is 551 g/mol. The quantitative estimate of drug-likeness (QED) is 0.180. The van der Waals surface area contributed by atoms with E-state index >= 15 is 0 Å². The first kappa shape index (κ1) is 27.5. The van der Waals surface area contributed by atoms with Crippen molar-refractivity contribution in [1.29, 1.82) is 0 Å². The minimum absolute atomic E-state index is 0.0689. The number of benzene rings is 5. The molecule has 0 saturated heterocycles. The molecule has 0 aliphatic heterocycles. The molecule has 2 aliphatic carbocycles. The summed E-state index contributed by atoms with van der Waals surface area (Å²) in [6, 6.07) is 29.0. The van der Waals surface area contributed by atoms with E-state index in [1.165, 1.54) is 106 Å². The maximum Gasteiger partial charge on any atom is 0.0215 e. The minimum atomic E-state index is 0.0689. The molecule has 0 heterocycles. The molecule has 0 N–H and O–H groups in total. The first-order chi connectivity index (χ1) is 20.5. The maximum absolute atomic E-state index is 2.72. The van der Waals surface area contributed by atoms with Gasteiger partial charge in [-0.15, -0.1) is 0 Å². The predicted molar refractivity (Wildman–Crippen MR) is 183 cm³/mol. The highest BCUT2D eigenvalue weighted by Crippen LogP contribution is 2.62. The second-order valence-electron chi connectivity index (χ2n) is 13.4. The Morgan fingerprint density at radius 3 is 1.10 bits per heavy atom. The summed E-state index contributed by atoms with van der Waals surface area (Å²) in [5.74, 6) is 0. The number of aryl methyl sites for hydroxylation is 2. The molecule has 0 bridgehead atoms. The van der Waals surface area contributed by atoms with Crippen LogP contribution in [0, 0.1) is 13.8 Å². The number of rotatable bonds is 8. The average Bonchev–Trinajstić information content (AvgIpc) is 3.40. The molecule has 0 nitrogen and oxygen atoms in total. The molecule has 214 valence electrons. The summed E-state index contributed by atoms with van der Waals surface area (Å²) < 4.78 is 0. The van der Waals surface area contributed by atoms with Crippen LogP contribution in [0.15, 0.2) is 72.8 Å². The summed E-state index contributed by atoms with van der Waals surface area (Å²) in [6.45, 7) is 14.2. The van der Waals surface area contributed by atoms with Crippen molar-refractivity contribution in [3.8, 4) is 22.3 Å². The Morgan fingerprint density at radius 1 is 0.429 bits per heavy atom. The van der Waals surface area contributed by atoms with Crippen molar-refractivity contribution in [3.63, 3.8) is 0 Å². The lowest BCUT2D eigenvalue weighted by atomic mass is 9.69. The Labute approximate surface area is 253 Å². The largest absolute Gasteiger partial charge is 0.0653 e. The van der Waals surface area contributed by atoms with E-state index in [1.807, 2.05) is 0 Å². The zero-order valence-corrected chi connectivity index (χ0v) is 26.6. The van der Waals surface area contributed by atoms with E-state index in [-0.39, 0.29) is 10.8 Å². The Balaban J connectivity index is 1.66. The van der Waals surface area contributed by atoms with Crippen LogP contribution in [0.1, 0.15) is 112 Å². The molecule has 0 unspecified atom stereocenters. The molecule has 2 aliphatic rings. The summed E-state index contributed by atoms with van der Waals surface area (Å²) in [5.41, 5.74) is 15.4. The fourth-order valence-electron chi connectivity index (χ4n) is 9.58. The molecule has 7 rings (SSSR count). The van der Waals surface area contributed by atoms with E-state index < -0.39 is 0 Å². The Hall–Kier alpha value is -3.38. The van der Waals surface area contributed by atoms with Crippen LogP contribution in [-0.4, -0.2) is 0 Å². The van der Waals surface area contributed by atoms with Gasteiger partial charge in [0, 0.05) is 10.8 Å². The lowest BCUT2D eigenvalue weighted by molar-refractivity contribution is 0.431. The molecule has 0 amide bonds. The van der Waals surface area contributed by atoms with Crippen molar-refractivity contribution in [2.24, 2.45) is 0 Å². The van der Waals surface area contributed by atoms with E-state index in [9.17, 15) is 0 Å². The van der Waals surface area contributed by atoms with Crippen LogP contribution in [-0.2, 0) is 10.8 Å². The van der Waals surface area contributed by atoms with E-state index in [0.717, 1.165) is 0 Å². The van der Waals surface area contributed by atoms with Crippen molar-refractivity contribution in [3.05, 3.63) is 106 Å². The van der Waals surface area contributed by atoms with Crippen LogP contribution >= 0.6 is 0 Å². The van der Waals surface area contributed by atoms with E-state index in [2.05, 4.69) is 114 Å². The van der Waals surface area contributed by atoms with E-state index in [0.29, 0.717) is 0 Å². The van der Waals surface area contributed by atoms with Crippen LogP contribution in [0.2, 0.25) is 0 Å². The highest BCUT2D eigenvalue weighted by atomic mass is 14.5. The van der Waals surface area contributed by atoms with Crippen molar-refractivity contribution in [2.75, 3.05) is 0 Å². The smallest absolute Gasteiger partial charge is 0.0215 e. The molecule has 0 aromatic heterocycles. The summed E-state index contributed by atoms with van der Waals surface area (Å²) in [5, 5.41) is 5.70. The molecule has 0 heteroatoms. The third-order valence-electron chi connectivity index (χ3n) is 11.0. The minimum Gasteiger partial charge on any atom is -0.0653 e. The van der Waals surface area contributed by atoms with Crippen molar-refractivity contribution in [2.45, 2.75) is 104 Å². The number of hydrogen-bond donors (Lipinski definition) is 0. The van der Waals surface area contributed by atoms with Crippen LogP contribution in [0.3, 0.4) is 0 Å². The Bertz CT molecular complexity index is 1700. The van der Waals surface area contributed by atoms with Gasteiger partial charge in [0.2, 0.25) is 0 Å². The highest BCUT2D eigenvalue weighted by molar-refractivity contribution is 6.08. The molecule has 0 radical (unpaired) electrons. The van der Waals surface area contributed by atoms with Gasteiger partial charge in [-0.2, -0.15) is 0 Å². The van der Waals surface area contributed by atoms with Crippen molar-refractivity contribution in [1.82, 2.24) is 0 Å². The second kappa shape index (κ2) is 10.1. The molecule has 5 aromatic carbocycles. The first-order valence-corrected chi connectivity index (χ1v) is 16.7. The van der Waals surface area contributed by atoms with E-state index in [1.54, 1.807) is 22.3 Å². The fourth-order valence-corrected chi connectivity index (χ4v) is 9.58. The number of fused-ring (bicyclic) bond motifs is 10. The van der Waals surface area contributed by atoms with Crippen molar-refractivity contribution >= 4 is 21.5 Å². The fraction of sp³-hybridized carbons (Fsp3) is 0.381. The van der Waals surface area contributed by atoms with Gasteiger partial charge in [0.15, 0.2) is 0 Å². The predicted octanol–water partition coefficient (Wildman–Crippen LogP) is 12.3. The Morgan fingerprint density at radius 2 is 0.762 bits per heavy atom. The van der Waals surface area contributed by atoms with Gasteiger partial charge >= 0.3 is 0 Å². The topological polar surface area (TPSA) is 0 Å². The Kier molecular flexibility index (Phi) is 6.61. The third kappa shape index (κ3) is 3.54. The van der Waals surface area contributed by atoms with Crippen LogP contribution in [0.4, 0.5) is 0 Å². The molecule has 0 saturated carbocycles. The van der Waals surface area contributed by atoms with Gasteiger partial charge in [-0.3, -0.25) is 0 Å². The zero-order chi connectivity index (χ0) is 29.2. The molecular weight excluding hydrogens is 504 g/mol. The van der Waals surface area contributed by atoms with Gasteiger partial charge in [0.25, 0.3) is 0 Å². The highest BCUT2D eigenvalue weighted by Gasteiger charge is 2.48. The lowest BCUT2D eigenvalue weighted by Crippen LogP contribution is -2.26. The molecule has 42 heavy (non-hydrogen) atoms. The second-order valence-corrected chi connectivity index (χ2v) is 13.4. The number of hydrogen-bond acceptors (Lipinski definition) is 0. The molecule has 5 aromatic rings. The zero-order valence-electron chi connectivity index (χ0n) is 26.6. The van der Waals surface area contributed by atoms with Crippen molar-refractivity contribution < 1.29 is 0 Å². The molecule has 0 spiro atoms. The van der Waals surface area contributed by atoms with Gasteiger partial charge in [0.05, 0.1) is 0 Å². The van der Waals surface area contributed by atoms with Gasteiger partial charge in [-0.05, 0) is 129 Å². The third-order valence-corrected chi connectivity index (χ3v) is 11.0.